The summed E-state index contributed by atoms with van der Waals surface area (Å²) in [5.41, 5.74) is -0.401. The Hall–Kier alpha value is -0.730. The number of rotatable bonds is 3. The quantitative estimate of drug-likeness (QED) is 0.594. The summed E-state index contributed by atoms with van der Waals surface area (Å²) in [4.78, 5) is 10.7. The number of hydrogen-bond acceptors (Lipinski definition) is 3. The summed E-state index contributed by atoms with van der Waals surface area (Å²) in [7, 11) is 1.31. The molecule has 11 heavy (non-hydrogen) atoms. The number of hydrogen-bond donors (Lipinski definition) is 0. The van der Waals surface area contributed by atoms with Crippen molar-refractivity contribution in [2.75, 3.05) is 7.11 Å². The summed E-state index contributed by atoms with van der Waals surface area (Å²) in [5, 5.41) is 0. The summed E-state index contributed by atoms with van der Waals surface area (Å²) < 4.78 is 9.34. The van der Waals surface area contributed by atoms with Gasteiger partial charge < -0.3 is 9.47 Å². The van der Waals surface area contributed by atoms with Gasteiger partial charge in [-0.25, -0.2) is 4.79 Å². The van der Waals surface area contributed by atoms with Crippen LogP contribution in [0.25, 0.3) is 0 Å². The molecule has 0 fully saturated rings. The van der Waals surface area contributed by atoms with E-state index in [0.717, 1.165) is 12.8 Å². The molecule has 0 aromatic rings. The predicted molar refractivity (Wildman–Crippen MR) is 42.5 cm³/mol. The SMILES string of the molecule is CCCC(C)(C)OC(=O)OC. The van der Waals surface area contributed by atoms with Gasteiger partial charge in [0.25, 0.3) is 0 Å². The Morgan fingerprint density at radius 1 is 1.45 bits per heavy atom. The molecule has 0 rings (SSSR count). The minimum atomic E-state index is -0.608. The van der Waals surface area contributed by atoms with E-state index in [2.05, 4.69) is 4.74 Å². The third kappa shape index (κ3) is 4.65. The van der Waals surface area contributed by atoms with Crippen molar-refractivity contribution in [2.45, 2.75) is 39.2 Å². The molecule has 0 saturated heterocycles. The van der Waals surface area contributed by atoms with Crippen molar-refractivity contribution >= 4 is 6.16 Å². The minimum Gasteiger partial charge on any atom is -0.438 e. The van der Waals surface area contributed by atoms with Crippen LogP contribution in [-0.2, 0) is 9.47 Å². The van der Waals surface area contributed by atoms with Crippen LogP contribution in [0.2, 0.25) is 0 Å². The van der Waals surface area contributed by atoms with E-state index in [1.165, 1.54) is 7.11 Å². The van der Waals surface area contributed by atoms with Gasteiger partial charge in [-0.05, 0) is 20.3 Å². The Labute approximate surface area is 67.7 Å². The number of carbonyl (C=O) groups excluding carboxylic acids is 1. The highest BCUT2D eigenvalue weighted by molar-refractivity contribution is 5.60. The monoisotopic (exact) mass is 160 g/mol. The van der Waals surface area contributed by atoms with E-state index in [0.29, 0.717) is 0 Å². The van der Waals surface area contributed by atoms with Gasteiger partial charge in [-0.3, -0.25) is 0 Å². The van der Waals surface area contributed by atoms with Crippen molar-refractivity contribution in [3.8, 4) is 0 Å². The van der Waals surface area contributed by atoms with E-state index in [1.54, 1.807) is 0 Å². The molecule has 0 unspecified atom stereocenters. The molecule has 0 aliphatic carbocycles. The first kappa shape index (κ1) is 10.3. The van der Waals surface area contributed by atoms with Crippen molar-refractivity contribution < 1.29 is 14.3 Å². The molecule has 0 atom stereocenters. The number of methoxy groups -OCH3 is 1. The second kappa shape index (κ2) is 4.21. The summed E-state index contributed by atoms with van der Waals surface area (Å²) in [6, 6.07) is 0. The van der Waals surface area contributed by atoms with Crippen molar-refractivity contribution in [3.63, 3.8) is 0 Å². The fourth-order valence-corrected chi connectivity index (χ4v) is 0.920. The first-order valence-electron chi connectivity index (χ1n) is 3.79. The lowest BCUT2D eigenvalue weighted by Gasteiger charge is -2.23. The maximum Gasteiger partial charge on any atom is 0.508 e. The molecule has 0 spiro atoms. The van der Waals surface area contributed by atoms with Gasteiger partial charge in [0.05, 0.1) is 7.11 Å². The standard InChI is InChI=1S/C8H16O3/c1-5-6-8(2,3)11-7(9)10-4/h5-6H2,1-4H3. The van der Waals surface area contributed by atoms with Crippen molar-refractivity contribution in [1.82, 2.24) is 0 Å². The Bertz CT molecular complexity index is 129. The summed E-state index contributed by atoms with van der Waals surface area (Å²) >= 11 is 0. The third-order valence-corrected chi connectivity index (χ3v) is 1.38. The van der Waals surface area contributed by atoms with Crippen molar-refractivity contribution in [2.24, 2.45) is 0 Å². The molecule has 0 aromatic heterocycles. The third-order valence-electron chi connectivity index (χ3n) is 1.38. The molecule has 3 nitrogen and oxygen atoms in total. The van der Waals surface area contributed by atoms with Crippen LogP contribution in [0.5, 0.6) is 0 Å². The van der Waals surface area contributed by atoms with E-state index < -0.39 is 11.8 Å². The summed E-state index contributed by atoms with van der Waals surface area (Å²) in [5.74, 6) is 0. The fraction of sp³-hybridized carbons (Fsp3) is 0.875. The second-order valence-corrected chi connectivity index (χ2v) is 3.07. The first-order chi connectivity index (χ1) is 5.02. The highest BCUT2D eigenvalue weighted by atomic mass is 16.7. The lowest BCUT2D eigenvalue weighted by Crippen LogP contribution is -2.27. The van der Waals surface area contributed by atoms with E-state index in [9.17, 15) is 4.79 Å². The number of carbonyl (C=O) groups is 1. The predicted octanol–water partition coefficient (Wildman–Crippen LogP) is 2.35. The molecule has 0 N–H and O–H groups in total. The van der Waals surface area contributed by atoms with Crippen molar-refractivity contribution in [1.29, 1.82) is 0 Å². The van der Waals surface area contributed by atoms with Crippen LogP contribution < -0.4 is 0 Å². The molecule has 0 heterocycles. The molecule has 0 aromatic carbocycles. The Morgan fingerprint density at radius 2 is 2.00 bits per heavy atom. The molecule has 0 aliphatic heterocycles. The smallest absolute Gasteiger partial charge is 0.438 e. The molecule has 0 aliphatic rings. The minimum absolute atomic E-state index is 0.401. The summed E-state index contributed by atoms with van der Waals surface area (Å²) in [6.07, 6.45) is 1.23. The molecule has 0 amide bonds. The molecular weight excluding hydrogens is 144 g/mol. The maximum absolute atomic E-state index is 10.7. The summed E-state index contributed by atoms with van der Waals surface area (Å²) in [6.45, 7) is 5.78. The Morgan fingerprint density at radius 3 is 2.36 bits per heavy atom. The van der Waals surface area contributed by atoms with E-state index in [-0.39, 0.29) is 0 Å². The van der Waals surface area contributed by atoms with Gasteiger partial charge in [0.1, 0.15) is 5.60 Å². The van der Waals surface area contributed by atoms with Gasteiger partial charge in [0.2, 0.25) is 0 Å². The van der Waals surface area contributed by atoms with Crippen LogP contribution in [0.15, 0.2) is 0 Å². The molecular formula is C8H16O3. The fourth-order valence-electron chi connectivity index (χ4n) is 0.920. The topological polar surface area (TPSA) is 35.5 Å². The number of ether oxygens (including phenoxy) is 2. The average molecular weight is 160 g/mol. The Kier molecular flexibility index (Phi) is 3.93. The van der Waals surface area contributed by atoms with Gasteiger partial charge in [0.15, 0.2) is 0 Å². The second-order valence-electron chi connectivity index (χ2n) is 3.07. The molecule has 3 heteroatoms. The zero-order valence-electron chi connectivity index (χ0n) is 7.64. The zero-order chi connectivity index (χ0) is 8.91. The zero-order valence-corrected chi connectivity index (χ0v) is 7.64. The lowest BCUT2D eigenvalue weighted by atomic mass is 10.0. The normalized spacial score (nSPS) is 10.9. The Balaban J connectivity index is 3.80. The average Bonchev–Trinajstić information content (AvgIpc) is 1.86. The van der Waals surface area contributed by atoms with Crippen LogP contribution in [0.4, 0.5) is 4.79 Å². The van der Waals surface area contributed by atoms with Gasteiger partial charge in [-0.2, -0.15) is 0 Å². The van der Waals surface area contributed by atoms with Gasteiger partial charge in [-0.15, -0.1) is 0 Å². The highest BCUT2D eigenvalue weighted by Gasteiger charge is 2.21. The van der Waals surface area contributed by atoms with E-state index in [4.69, 9.17) is 4.74 Å². The van der Waals surface area contributed by atoms with E-state index >= 15 is 0 Å². The van der Waals surface area contributed by atoms with Crippen LogP contribution in [0.3, 0.4) is 0 Å². The first-order valence-corrected chi connectivity index (χ1v) is 3.79. The van der Waals surface area contributed by atoms with Crippen LogP contribution >= 0.6 is 0 Å². The lowest BCUT2D eigenvalue weighted by molar-refractivity contribution is -0.0114. The van der Waals surface area contributed by atoms with E-state index in [1.807, 2.05) is 20.8 Å². The van der Waals surface area contributed by atoms with Gasteiger partial charge in [-0.1, -0.05) is 13.3 Å². The molecule has 0 bridgehead atoms. The largest absolute Gasteiger partial charge is 0.508 e. The van der Waals surface area contributed by atoms with Gasteiger partial charge >= 0.3 is 6.16 Å². The van der Waals surface area contributed by atoms with Crippen LogP contribution in [0.1, 0.15) is 33.6 Å². The van der Waals surface area contributed by atoms with Crippen LogP contribution in [-0.4, -0.2) is 18.9 Å². The van der Waals surface area contributed by atoms with Crippen LogP contribution in [0, 0.1) is 0 Å². The maximum atomic E-state index is 10.7. The molecule has 0 saturated carbocycles. The molecule has 66 valence electrons. The van der Waals surface area contributed by atoms with Gasteiger partial charge in [0, 0.05) is 0 Å². The molecule has 0 radical (unpaired) electrons. The highest BCUT2D eigenvalue weighted by Crippen LogP contribution is 2.16. The van der Waals surface area contributed by atoms with Crippen molar-refractivity contribution in [3.05, 3.63) is 0 Å².